The van der Waals surface area contributed by atoms with E-state index in [0.29, 0.717) is 6.04 Å². The van der Waals surface area contributed by atoms with Crippen LogP contribution in [0, 0.1) is 0 Å². The molecule has 1 heterocycles. The molecule has 110 valence electrons. The van der Waals surface area contributed by atoms with Crippen LogP contribution in [0.25, 0.3) is 0 Å². The second kappa shape index (κ2) is 7.48. The Morgan fingerprint density at radius 3 is 2.80 bits per heavy atom. The summed E-state index contributed by atoms with van der Waals surface area (Å²) in [5, 5.41) is 6.50. The van der Waals surface area contributed by atoms with Crippen LogP contribution in [0.4, 0.5) is 0 Å². The molecule has 3 nitrogen and oxygen atoms in total. The molecule has 2 N–H and O–H groups in total. The zero-order chi connectivity index (χ0) is 14.5. The van der Waals surface area contributed by atoms with Crippen molar-refractivity contribution in [2.24, 2.45) is 0 Å². The van der Waals surface area contributed by atoms with Crippen LogP contribution in [-0.4, -0.2) is 29.8 Å². The molecule has 3 atom stereocenters. The summed E-state index contributed by atoms with van der Waals surface area (Å²) in [5.74, 6) is 0.124. The Labute approximate surface area is 133 Å². The van der Waals surface area contributed by atoms with Crippen LogP contribution in [-0.2, 0) is 4.79 Å². The molecule has 0 radical (unpaired) electrons. The average molecular weight is 357 g/mol. The fraction of sp³-hybridized carbons (Fsp3) is 0.533. The Bertz CT molecular complexity index is 452. The summed E-state index contributed by atoms with van der Waals surface area (Å²) in [6.07, 6.45) is 2.19. The molecule has 2 rings (SSSR count). The van der Waals surface area contributed by atoms with Crippen molar-refractivity contribution in [2.45, 2.75) is 48.9 Å². The van der Waals surface area contributed by atoms with Gasteiger partial charge in [0.1, 0.15) is 0 Å². The fourth-order valence-electron chi connectivity index (χ4n) is 2.31. The van der Waals surface area contributed by atoms with Gasteiger partial charge in [-0.2, -0.15) is 0 Å². The van der Waals surface area contributed by atoms with Gasteiger partial charge in [-0.3, -0.25) is 4.79 Å². The van der Waals surface area contributed by atoms with Gasteiger partial charge in [-0.05, 0) is 57.5 Å². The van der Waals surface area contributed by atoms with Gasteiger partial charge in [-0.1, -0.05) is 15.9 Å². The molecule has 1 saturated heterocycles. The number of thioether (sulfide) groups is 1. The zero-order valence-corrected chi connectivity index (χ0v) is 14.3. The molecule has 0 bridgehead atoms. The second-order valence-corrected chi connectivity index (χ2v) is 7.54. The highest BCUT2D eigenvalue weighted by Crippen LogP contribution is 2.25. The molecule has 1 aliphatic heterocycles. The maximum Gasteiger partial charge on any atom is 0.233 e. The van der Waals surface area contributed by atoms with E-state index < -0.39 is 0 Å². The Kier molecular flexibility index (Phi) is 5.93. The van der Waals surface area contributed by atoms with Crippen molar-refractivity contribution >= 4 is 33.6 Å². The zero-order valence-electron chi connectivity index (χ0n) is 11.9. The predicted molar refractivity (Wildman–Crippen MR) is 88.1 cm³/mol. The molecular weight excluding hydrogens is 336 g/mol. The van der Waals surface area contributed by atoms with Crippen LogP contribution in [0.2, 0.25) is 0 Å². The maximum atomic E-state index is 12.3. The van der Waals surface area contributed by atoms with Gasteiger partial charge in [0, 0.05) is 21.5 Å². The van der Waals surface area contributed by atoms with E-state index in [1.165, 1.54) is 0 Å². The summed E-state index contributed by atoms with van der Waals surface area (Å²) < 4.78 is 1.06. The van der Waals surface area contributed by atoms with E-state index >= 15 is 0 Å². The summed E-state index contributed by atoms with van der Waals surface area (Å²) in [7, 11) is 0. The van der Waals surface area contributed by atoms with Gasteiger partial charge in [-0.15, -0.1) is 11.8 Å². The molecule has 0 aliphatic carbocycles. The minimum absolute atomic E-state index is 0.0784. The lowest BCUT2D eigenvalue weighted by atomic mass is 10.00. The van der Waals surface area contributed by atoms with Crippen molar-refractivity contribution in [3.8, 4) is 0 Å². The molecule has 5 heteroatoms. The number of nitrogens with one attached hydrogen (secondary N) is 2. The summed E-state index contributed by atoms with van der Waals surface area (Å²) >= 11 is 5.01. The lowest BCUT2D eigenvalue weighted by molar-refractivity contribution is -0.121. The Hall–Kier alpha value is -0.520. The van der Waals surface area contributed by atoms with Gasteiger partial charge in [0.05, 0.1) is 5.25 Å². The van der Waals surface area contributed by atoms with Gasteiger partial charge in [0.25, 0.3) is 0 Å². The molecule has 0 aromatic heterocycles. The second-order valence-electron chi connectivity index (χ2n) is 5.21. The highest BCUT2D eigenvalue weighted by atomic mass is 79.9. The maximum absolute atomic E-state index is 12.3. The standard InChI is InChI=1S/C15H21BrN2OS/c1-10-14(4-3-9-17-10)18-15(19)11(2)20-13-7-5-12(16)6-8-13/h5-8,10-11,14,17H,3-4,9H2,1-2H3,(H,18,19). The van der Waals surface area contributed by atoms with E-state index in [2.05, 4.69) is 33.5 Å². The molecule has 1 amide bonds. The third-order valence-corrected chi connectivity index (χ3v) is 5.23. The largest absolute Gasteiger partial charge is 0.351 e. The van der Waals surface area contributed by atoms with Gasteiger partial charge < -0.3 is 10.6 Å². The van der Waals surface area contributed by atoms with Crippen molar-refractivity contribution in [3.63, 3.8) is 0 Å². The topological polar surface area (TPSA) is 41.1 Å². The van der Waals surface area contributed by atoms with Crippen LogP contribution >= 0.6 is 27.7 Å². The van der Waals surface area contributed by atoms with Crippen LogP contribution < -0.4 is 10.6 Å². The third kappa shape index (κ3) is 4.50. The van der Waals surface area contributed by atoms with Crippen LogP contribution in [0.5, 0.6) is 0 Å². The molecule has 3 unspecified atom stereocenters. The van der Waals surface area contributed by atoms with E-state index in [0.717, 1.165) is 28.8 Å². The molecule has 20 heavy (non-hydrogen) atoms. The average Bonchev–Trinajstić information content (AvgIpc) is 2.44. The van der Waals surface area contributed by atoms with Crippen LogP contribution in [0.3, 0.4) is 0 Å². The highest BCUT2D eigenvalue weighted by Gasteiger charge is 2.24. The first-order valence-corrected chi connectivity index (χ1v) is 8.69. The minimum atomic E-state index is -0.0784. The Morgan fingerprint density at radius 1 is 1.45 bits per heavy atom. The van der Waals surface area contributed by atoms with Gasteiger partial charge in [-0.25, -0.2) is 0 Å². The quantitative estimate of drug-likeness (QED) is 0.814. The van der Waals surface area contributed by atoms with E-state index in [1.807, 2.05) is 31.2 Å². The highest BCUT2D eigenvalue weighted by molar-refractivity contribution is 9.10. The van der Waals surface area contributed by atoms with Crippen molar-refractivity contribution in [3.05, 3.63) is 28.7 Å². The number of benzene rings is 1. The predicted octanol–water partition coefficient (Wildman–Crippen LogP) is 3.19. The monoisotopic (exact) mass is 356 g/mol. The summed E-state index contributed by atoms with van der Waals surface area (Å²) in [5.41, 5.74) is 0. The van der Waals surface area contributed by atoms with Gasteiger partial charge in [0.2, 0.25) is 5.91 Å². The first kappa shape index (κ1) is 15.9. The smallest absolute Gasteiger partial charge is 0.233 e. The van der Waals surface area contributed by atoms with Crippen LogP contribution in [0.15, 0.2) is 33.6 Å². The number of carbonyl (C=O) groups is 1. The molecule has 0 spiro atoms. The molecule has 1 fully saturated rings. The van der Waals surface area contributed by atoms with E-state index in [1.54, 1.807) is 11.8 Å². The minimum Gasteiger partial charge on any atom is -0.351 e. The fourth-order valence-corrected chi connectivity index (χ4v) is 3.45. The number of amides is 1. The molecule has 1 aromatic carbocycles. The molecule has 1 aliphatic rings. The first-order valence-electron chi connectivity index (χ1n) is 7.02. The summed E-state index contributed by atoms with van der Waals surface area (Å²) in [4.78, 5) is 13.4. The molecular formula is C15H21BrN2OS. The SMILES string of the molecule is CC(Sc1ccc(Br)cc1)C(=O)NC1CCCNC1C. The lowest BCUT2D eigenvalue weighted by Crippen LogP contribution is -2.53. The van der Waals surface area contributed by atoms with Crippen molar-refractivity contribution < 1.29 is 4.79 Å². The van der Waals surface area contributed by atoms with Gasteiger partial charge >= 0.3 is 0 Å². The van der Waals surface area contributed by atoms with Crippen molar-refractivity contribution in [1.29, 1.82) is 0 Å². The summed E-state index contributed by atoms with van der Waals surface area (Å²) in [6, 6.07) is 8.68. The number of hydrogen-bond acceptors (Lipinski definition) is 3. The van der Waals surface area contributed by atoms with Crippen molar-refractivity contribution in [2.75, 3.05) is 6.54 Å². The summed E-state index contributed by atoms with van der Waals surface area (Å²) in [6.45, 7) is 5.15. The van der Waals surface area contributed by atoms with Gasteiger partial charge in [0.15, 0.2) is 0 Å². The van der Waals surface area contributed by atoms with Crippen molar-refractivity contribution in [1.82, 2.24) is 10.6 Å². The molecule has 0 saturated carbocycles. The van der Waals surface area contributed by atoms with E-state index in [9.17, 15) is 4.79 Å². The number of rotatable bonds is 4. The Morgan fingerprint density at radius 2 is 2.15 bits per heavy atom. The Balaban J connectivity index is 1.86. The van der Waals surface area contributed by atoms with E-state index in [-0.39, 0.29) is 17.2 Å². The van der Waals surface area contributed by atoms with Crippen LogP contribution in [0.1, 0.15) is 26.7 Å². The number of hydrogen-bond donors (Lipinski definition) is 2. The first-order chi connectivity index (χ1) is 9.56. The normalized spacial score (nSPS) is 24.1. The number of carbonyl (C=O) groups excluding carboxylic acids is 1. The number of piperidine rings is 1. The third-order valence-electron chi connectivity index (χ3n) is 3.59. The van der Waals surface area contributed by atoms with E-state index in [4.69, 9.17) is 0 Å². The lowest BCUT2D eigenvalue weighted by Gasteiger charge is -2.31. The number of halogens is 1. The molecule has 1 aromatic rings.